The Kier molecular flexibility index (Phi) is 4.49. The van der Waals surface area contributed by atoms with E-state index in [-0.39, 0.29) is 24.5 Å². The van der Waals surface area contributed by atoms with E-state index in [0.29, 0.717) is 6.54 Å². The van der Waals surface area contributed by atoms with E-state index in [4.69, 9.17) is 4.74 Å². The molecular formula is C15H21NO4. The SMILES string of the molecule is COc1ccc([C@@H]2C[C@@H](C)N(C(=O)O)C[C@@H]2CO)cc1. The van der Waals surface area contributed by atoms with Crippen molar-refractivity contribution in [2.45, 2.75) is 25.3 Å². The molecule has 0 spiro atoms. The van der Waals surface area contributed by atoms with Crippen molar-refractivity contribution in [2.75, 3.05) is 20.3 Å². The number of carbonyl (C=O) groups is 1. The fourth-order valence-corrected chi connectivity index (χ4v) is 2.96. The van der Waals surface area contributed by atoms with E-state index in [1.54, 1.807) is 7.11 Å². The van der Waals surface area contributed by atoms with Gasteiger partial charge in [0.05, 0.1) is 7.11 Å². The van der Waals surface area contributed by atoms with Gasteiger partial charge in [-0.05, 0) is 37.0 Å². The monoisotopic (exact) mass is 279 g/mol. The van der Waals surface area contributed by atoms with E-state index >= 15 is 0 Å². The van der Waals surface area contributed by atoms with Crippen molar-refractivity contribution in [3.8, 4) is 5.75 Å². The number of carboxylic acid groups (broad SMARTS) is 1. The second kappa shape index (κ2) is 6.13. The highest BCUT2D eigenvalue weighted by Gasteiger charge is 2.36. The summed E-state index contributed by atoms with van der Waals surface area (Å²) in [5, 5.41) is 18.7. The number of likely N-dealkylation sites (tertiary alicyclic amines) is 1. The highest BCUT2D eigenvalue weighted by Crippen LogP contribution is 2.36. The maximum absolute atomic E-state index is 11.2. The quantitative estimate of drug-likeness (QED) is 0.889. The lowest BCUT2D eigenvalue weighted by Gasteiger charge is -2.41. The summed E-state index contributed by atoms with van der Waals surface area (Å²) in [5.41, 5.74) is 1.13. The first-order chi connectivity index (χ1) is 9.56. The fourth-order valence-electron chi connectivity index (χ4n) is 2.96. The molecule has 1 fully saturated rings. The van der Waals surface area contributed by atoms with Gasteiger partial charge >= 0.3 is 6.09 Å². The Labute approximate surface area is 118 Å². The predicted octanol–water partition coefficient (Wildman–Crippen LogP) is 2.16. The molecule has 1 aromatic rings. The van der Waals surface area contributed by atoms with Gasteiger partial charge in [0.2, 0.25) is 0 Å². The lowest BCUT2D eigenvalue weighted by atomic mass is 9.78. The fraction of sp³-hybridized carbons (Fsp3) is 0.533. The van der Waals surface area contributed by atoms with Crippen LogP contribution in [0.25, 0.3) is 0 Å². The molecular weight excluding hydrogens is 258 g/mol. The van der Waals surface area contributed by atoms with Gasteiger partial charge in [-0.15, -0.1) is 0 Å². The highest BCUT2D eigenvalue weighted by atomic mass is 16.5. The molecule has 0 aromatic heterocycles. The Morgan fingerprint density at radius 3 is 2.55 bits per heavy atom. The highest BCUT2D eigenvalue weighted by molar-refractivity contribution is 5.65. The van der Waals surface area contributed by atoms with Gasteiger partial charge in [-0.3, -0.25) is 0 Å². The zero-order valence-electron chi connectivity index (χ0n) is 11.8. The molecule has 0 unspecified atom stereocenters. The van der Waals surface area contributed by atoms with Crippen LogP contribution in [0.2, 0.25) is 0 Å². The summed E-state index contributed by atoms with van der Waals surface area (Å²) in [6.45, 7) is 2.29. The summed E-state index contributed by atoms with van der Waals surface area (Å²) in [6.07, 6.45) is -0.187. The summed E-state index contributed by atoms with van der Waals surface area (Å²) < 4.78 is 5.14. The summed E-state index contributed by atoms with van der Waals surface area (Å²) in [7, 11) is 1.62. The molecule has 0 aliphatic carbocycles. The lowest BCUT2D eigenvalue weighted by Crippen LogP contribution is -2.48. The van der Waals surface area contributed by atoms with Crippen LogP contribution < -0.4 is 4.74 Å². The minimum absolute atomic E-state index is 0.00675. The van der Waals surface area contributed by atoms with E-state index in [1.165, 1.54) is 4.90 Å². The van der Waals surface area contributed by atoms with E-state index in [0.717, 1.165) is 17.7 Å². The molecule has 2 N–H and O–H groups in total. The number of amides is 1. The Hall–Kier alpha value is -1.75. The van der Waals surface area contributed by atoms with Gasteiger partial charge < -0.3 is 19.8 Å². The summed E-state index contributed by atoms with van der Waals surface area (Å²) in [4.78, 5) is 12.6. The summed E-state index contributed by atoms with van der Waals surface area (Å²) in [6, 6.07) is 7.75. The van der Waals surface area contributed by atoms with Crippen molar-refractivity contribution >= 4 is 6.09 Å². The smallest absolute Gasteiger partial charge is 0.407 e. The van der Waals surface area contributed by atoms with Crippen LogP contribution >= 0.6 is 0 Å². The van der Waals surface area contributed by atoms with Crippen LogP contribution in [0.1, 0.15) is 24.8 Å². The molecule has 1 aromatic carbocycles. The van der Waals surface area contributed by atoms with Gasteiger partial charge in [-0.1, -0.05) is 12.1 Å². The number of aliphatic hydroxyl groups excluding tert-OH is 1. The van der Waals surface area contributed by atoms with Crippen molar-refractivity contribution in [3.63, 3.8) is 0 Å². The standard InChI is InChI=1S/C15H21NO4/c1-10-7-14(11-3-5-13(20-2)6-4-11)12(9-17)8-16(10)15(18)19/h3-6,10,12,14,17H,7-9H2,1-2H3,(H,18,19)/t10-,12-,14+/m1/s1. The minimum atomic E-state index is -0.913. The third kappa shape index (κ3) is 2.88. The third-order valence-corrected chi connectivity index (χ3v) is 4.15. The van der Waals surface area contributed by atoms with Crippen molar-refractivity contribution < 1.29 is 19.7 Å². The molecule has 5 heteroatoms. The molecule has 0 radical (unpaired) electrons. The number of rotatable bonds is 3. The average molecular weight is 279 g/mol. The summed E-state index contributed by atoms with van der Waals surface area (Å²) in [5.74, 6) is 0.914. The third-order valence-electron chi connectivity index (χ3n) is 4.15. The molecule has 2 rings (SSSR count). The number of aliphatic hydroxyl groups is 1. The van der Waals surface area contributed by atoms with Crippen molar-refractivity contribution in [3.05, 3.63) is 29.8 Å². The second-order valence-corrected chi connectivity index (χ2v) is 5.34. The van der Waals surface area contributed by atoms with Crippen LogP contribution in [0.3, 0.4) is 0 Å². The normalized spacial score (nSPS) is 26.4. The molecule has 1 aliphatic rings. The van der Waals surface area contributed by atoms with Crippen LogP contribution in [0, 0.1) is 5.92 Å². The molecule has 1 aliphatic heterocycles. The Bertz CT molecular complexity index is 459. The largest absolute Gasteiger partial charge is 0.497 e. The Morgan fingerprint density at radius 1 is 1.40 bits per heavy atom. The van der Waals surface area contributed by atoms with Crippen LogP contribution in [0.4, 0.5) is 4.79 Å². The maximum Gasteiger partial charge on any atom is 0.407 e. The van der Waals surface area contributed by atoms with Crippen LogP contribution in [0.5, 0.6) is 5.75 Å². The number of hydrogen-bond acceptors (Lipinski definition) is 3. The summed E-state index contributed by atoms with van der Waals surface area (Å²) >= 11 is 0. The van der Waals surface area contributed by atoms with Crippen molar-refractivity contribution in [1.29, 1.82) is 0 Å². The van der Waals surface area contributed by atoms with Crippen molar-refractivity contribution in [2.24, 2.45) is 5.92 Å². The molecule has 1 amide bonds. The minimum Gasteiger partial charge on any atom is -0.497 e. The molecule has 3 atom stereocenters. The molecule has 1 heterocycles. The van der Waals surface area contributed by atoms with Gasteiger partial charge in [0.25, 0.3) is 0 Å². The molecule has 5 nitrogen and oxygen atoms in total. The van der Waals surface area contributed by atoms with E-state index in [9.17, 15) is 15.0 Å². The predicted molar refractivity (Wildman–Crippen MR) is 75.1 cm³/mol. The van der Waals surface area contributed by atoms with E-state index in [1.807, 2.05) is 31.2 Å². The van der Waals surface area contributed by atoms with Gasteiger partial charge in [0, 0.05) is 25.1 Å². The first-order valence-corrected chi connectivity index (χ1v) is 6.81. The second-order valence-electron chi connectivity index (χ2n) is 5.34. The van der Waals surface area contributed by atoms with E-state index in [2.05, 4.69) is 0 Å². The first-order valence-electron chi connectivity index (χ1n) is 6.81. The number of hydrogen-bond donors (Lipinski definition) is 2. The lowest BCUT2D eigenvalue weighted by molar-refractivity contribution is 0.0617. The number of methoxy groups -OCH3 is 1. The molecule has 110 valence electrons. The van der Waals surface area contributed by atoms with Crippen LogP contribution in [0.15, 0.2) is 24.3 Å². The maximum atomic E-state index is 11.2. The van der Waals surface area contributed by atoms with Gasteiger partial charge in [0.1, 0.15) is 5.75 Å². The topological polar surface area (TPSA) is 70.0 Å². The Morgan fingerprint density at radius 2 is 2.05 bits per heavy atom. The number of ether oxygens (including phenoxy) is 1. The zero-order valence-corrected chi connectivity index (χ0v) is 11.8. The van der Waals surface area contributed by atoms with Gasteiger partial charge in [0.15, 0.2) is 0 Å². The number of piperidine rings is 1. The average Bonchev–Trinajstić information content (AvgIpc) is 2.46. The van der Waals surface area contributed by atoms with Gasteiger partial charge in [-0.25, -0.2) is 4.79 Å². The molecule has 20 heavy (non-hydrogen) atoms. The van der Waals surface area contributed by atoms with E-state index < -0.39 is 6.09 Å². The molecule has 0 saturated carbocycles. The number of nitrogens with zero attached hydrogens (tertiary/aromatic N) is 1. The molecule has 0 bridgehead atoms. The zero-order chi connectivity index (χ0) is 14.7. The van der Waals surface area contributed by atoms with Gasteiger partial charge in [-0.2, -0.15) is 0 Å². The van der Waals surface area contributed by atoms with Crippen LogP contribution in [-0.4, -0.2) is 47.5 Å². The number of benzene rings is 1. The first kappa shape index (κ1) is 14.7. The molecule has 1 saturated heterocycles. The Balaban J connectivity index is 2.19. The van der Waals surface area contributed by atoms with Crippen molar-refractivity contribution in [1.82, 2.24) is 4.90 Å². The van der Waals surface area contributed by atoms with Crippen LogP contribution in [-0.2, 0) is 0 Å².